The zero-order chi connectivity index (χ0) is 18.6. The summed E-state index contributed by atoms with van der Waals surface area (Å²) >= 11 is 0. The molecule has 0 bridgehead atoms. The predicted octanol–water partition coefficient (Wildman–Crippen LogP) is 3.64. The molecule has 2 rings (SSSR count). The van der Waals surface area contributed by atoms with E-state index in [9.17, 15) is 19.3 Å². The van der Waals surface area contributed by atoms with E-state index in [1.165, 1.54) is 29.2 Å². The Morgan fingerprint density at radius 3 is 2.52 bits per heavy atom. The largest absolute Gasteiger partial charge is 0.483 e. The Morgan fingerprint density at radius 1 is 1.28 bits per heavy atom. The van der Waals surface area contributed by atoms with Gasteiger partial charge in [-0.25, -0.2) is 4.39 Å². The first-order valence-corrected chi connectivity index (χ1v) is 7.69. The molecule has 0 aliphatic carbocycles. The maximum absolute atomic E-state index is 13.0. The fraction of sp³-hybridized carbons (Fsp3) is 0.278. The summed E-state index contributed by atoms with van der Waals surface area (Å²) in [5.41, 5.74) is 1.11. The lowest BCUT2D eigenvalue weighted by molar-refractivity contribution is -0.385. The van der Waals surface area contributed by atoms with E-state index in [2.05, 4.69) is 0 Å². The van der Waals surface area contributed by atoms with E-state index in [0.29, 0.717) is 11.3 Å². The number of nitro benzene ring substituents is 1. The standard InChI is InChI=1S/C18H19FN2O4/c1-12-16(21(23)24)5-4-6-17(12)25-11-18(22)20(3)13(2)14-7-9-15(19)10-8-14/h4-10,13H,11H2,1-3H3. The quantitative estimate of drug-likeness (QED) is 0.591. The average Bonchev–Trinajstić information content (AvgIpc) is 2.59. The Labute approximate surface area is 145 Å². The molecule has 1 unspecified atom stereocenters. The molecule has 0 aliphatic heterocycles. The van der Waals surface area contributed by atoms with Crippen LogP contribution >= 0.6 is 0 Å². The van der Waals surface area contributed by atoms with E-state index in [0.717, 1.165) is 5.56 Å². The van der Waals surface area contributed by atoms with E-state index in [4.69, 9.17) is 4.74 Å². The SMILES string of the molecule is Cc1c(OCC(=O)N(C)C(C)c2ccc(F)cc2)cccc1[N+](=O)[O-]. The minimum absolute atomic E-state index is 0.0574. The number of hydrogen-bond acceptors (Lipinski definition) is 4. The minimum Gasteiger partial charge on any atom is -0.483 e. The van der Waals surface area contributed by atoms with Crippen LogP contribution in [0.3, 0.4) is 0 Å². The van der Waals surface area contributed by atoms with E-state index >= 15 is 0 Å². The van der Waals surface area contributed by atoms with Gasteiger partial charge in [0.15, 0.2) is 6.61 Å². The van der Waals surface area contributed by atoms with Crippen molar-refractivity contribution in [2.24, 2.45) is 0 Å². The minimum atomic E-state index is -0.493. The zero-order valence-corrected chi connectivity index (χ0v) is 14.2. The van der Waals surface area contributed by atoms with Crippen molar-refractivity contribution >= 4 is 11.6 Å². The molecule has 0 saturated carbocycles. The topological polar surface area (TPSA) is 72.7 Å². The lowest BCUT2D eigenvalue weighted by Crippen LogP contribution is -2.33. The first-order chi connectivity index (χ1) is 11.8. The van der Waals surface area contributed by atoms with Gasteiger partial charge in [-0.3, -0.25) is 14.9 Å². The third-order valence-corrected chi connectivity index (χ3v) is 4.13. The lowest BCUT2D eigenvalue weighted by atomic mass is 10.1. The van der Waals surface area contributed by atoms with Crippen LogP contribution in [-0.4, -0.2) is 29.4 Å². The summed E-state index contributed by atoms with van der Waals surface area (Å²) in [6, 6.07) is 10.1. The zero-order valence-electron chi connectivity index (χ0n) is 14.2. The molecule has 132 valence electrons. The van der Waals surface area contributed by atoms with Crippen molar-refractivity contribution in [2.75, 3.05) is 13.7 Å². The number of nitrogens with zero attached hydrogens (tertiary/aromatic N) is 2. The lowest BCUT2D eigenvalue weighted by Gasteiger charge is -2.25. The summed E-state index contributed by atoms with van der Waals surface area (Å²) in [7, 11) is 1.63. The molecule has 0 spiro atoms. The highest BCUT2D eigenvalue weighted by atomic mass is 19.1. The molecular formula is C18H19FN2O4. The van der Waals surface area contributed by atoms with Gasteiger partial charge in [0.05, 0.1) is 16.5 Å². The van der Waals surface area contributed by atoms with Gasteiger partial charge in [-0.1, -0.05) is 18.2 Å². The Kier molecular flexibility index (Phi) is 5.69. The average molecular weight is 346 g/mol. The molecule has 25 heavy (non-hydrogen) atoms. The molecule has 0 radical (unpaired) electrons. The summed E-state index contributed by atoms with van der Waals surface area (Å²) in [5.74, 6) is -0.331. The number of amides is 1. The van der Waals surface area contributed by atoms with Gasteiger partial charge in [0.25, 0.3) is 11.6 Å². The van der Waals surface area contributed by atoms with Crippen molar-refractivity contribution in [1.82, 2.24) is 4.90 Å². The second-order valence-electron chi connectivity index (χ2n) is 5.68. The number of ether oxygens (including phenoxy) is 1. The molecule has 0 saturated heterocycles. The second kappa shape index (κ2) is 7.74. The highest BCUT2D eigenvalue weighted by molar-refractivity contribution is 5.78. The van der Waals surface area contributed by atoms with Crippen LogP contribution in [0.1, 0.15) is 24.1 Å². The summed E-state index contributed by atoms with van der Waals surface area (Å²) in [5, 5.41) is 10.9. The van der Waals surface area contributed by atoms with E-state index in [-0.39, 0.29) is 30.1 Å². The molecule has 0 aromatic heterocycles. The van der Waals surface area contributed by atoms with Gasteiger partial charge in [-0.2, -0.15) is 0 Å². The van der Waals surface area contributed by atoms with Crippen molar-refractivity contribution < 1.29 is 18.8 Å². The van der Waals surface area contributed by atoms with Gasteiger partial charge >= 0.3 is 0 Å². The fourth-order valence-corrected chi connectivity index (χ4v) is 2.38. The smallest absolute Gasteiger partial charge is 0.276 e. The first kappa shape index (κ1) is 18.4. The van der Waals surface area contributed by atoms with E-state index in [1.54, 1.807) is 32.2 Å². The number of hydrogen-bond donors (Lipinski definition) is 0. The molecular weight excluding hydrogens is 327 g/mol. The van der Waals surface area contributed by atoms with Crippen LogP contribution in [0, 0.1) is 22.9 Å². The summed E-state index contributed by atoms with van der Waals surface area (Å²) < 4.78 is 18.5. The predicted molar refractivity (Wildman–Crippen MR) is 90.9 cm³/mol. The number of nitro groups is 1. The van der Waals surface area contributed by atoms with E-state index in [1.807, 2.05) is 6.92 Å². The van der Waals surface area contributed by atoms with Crippen molar-refractivity contribution in [1.29, 1.82) is 0 Å². The van der Waals surface area contributed by atoms with Crippen molar-refractivity contribution in [3.8, 4) is 5.75 Å². The van der Waals surface area contributed by atoms with Gasteiger partial charge < -0.3 is 9.64 Å². The summed E-state index contributed by atoms with van der Waals surface area (Å²) in [6.07, 6.45) is 0. The first-order valence-electron chi connectivity index (χ1n) is 7.69. The van der Waals surface area contributed by atoms with Gasteiger partial charge in [0, 0.05) is 13.1 Å². The number of rotatable bonds is 6. The molecule has 0 fully saturated rings. The Bertz CT molecular complexity index is 777. The highest BCUT2D eigenvalue weighted by Crippen LogP contribution is 2.27. The van der Waals surface area contributed by atoms with Gasteiger partial charge in [-0.15, -0.1) is 0 Å². The molecule has 0 N–H and O–H groups in total. The normalized spacial score (nSPS) is 11.7. The van der Waals surface area contributed by atoms with Crippen LogP contribution in [0.4, 0.5) is 10.1 Å². The molecule has 0 aliphatic rings. The fourth-order valence-electron chi connectivity index (χ4n) is 2.38. The van der Waals surface area contributed by atoms with Crippen LogP contribution in [0.2, 0.25) is 0 Å². The molecule has 2 aromatic carbocycles. The van der Waals surface area contributed by atoms with Crippen molar-refractivity contribution in [3.63, 3.8) is 0 Å². The Balaban J connectivity index is 2.03. The number of benzene rings is 2. The van der Waals surface area contributed by atoms with Crippen LogP contribution in [0.5, 0.6) is 5.75 Å². The molecule has 2 aromatic rings. The van der Waals surface area contributed by atoms with Crippen LogP contribution in [0.25, 0.3) is 0 Å². The van der Waals surface area contributed by atoms with Crippen molar-refractivity contribution in [2.45, 2.75) is 19.9 Å². The van der Waals surface area contributed by atoms with Gasteiger partial charge in [-0.05, 0) is 37.6 Å². The summed E-state index contributed by atoms with van der Waals surface area (Å²) in [4.78, 5) is 24.3. The van der Waals surface area contributed by atoms with Crippen LogP contribution in [-0.2, 0) is 4.79 Å². The molecule has 0 heterocycles. The number of carbonyl (C=O) groups is 1. The van der Waals surface area contributed by atoms with Gasteiger partial charge in [0.1, 0.15) is 11.6 Å². The molecule has 7 heteroatoms. The third kappa shape index (κ3) is 4.32. The van der Waals surface area contributed by atoms with E-state index < -0.39 is 4.92 Å². The monoisotopic (exact) mass is 346 g/mol. The molecule has 1 atom stereocenters. The molecule has 6 nitrogen and oxygen atoms in total. The van der Waals surface area contributed by atoms with Crippen LogP contribution in [0.15, 0.2) is 42.5 Å². The second-order valence-corrected chi connectivity index (χ2v) is 5.68. The highest BCUT2D eigenvalue weighted by Gasteiger charge is 2.19. The maximum atomic E-state index is 13.0. The Morgan fingerprint density at radius 2 is 1.92 bits per heavy atom. The third-order valence-electron chi connectivity index (χ3n) is 4.13. The Hall–Kier alpha value is -2.96. The number of likely N-dealkylation sites (N-methyl/N-ethyl adjacent to an activating group) is 1. The van der Waals surface area contributed by atoms with Gasteiger partial charge in [0.2, 0.25) is 0 Å². The van der Waals surface area contributed by atoms with Crippen LogP contribution < -0.4 is 4.74 Å². The summed E-state index contributed by atoms with van der Waals surface area (Å²) in [6.45, 7) is 3.15. The molecule has 1 amide bonds. The number of carbonyl (C=O) groups excluding carboxylic acids is 1. The van der Waals surface area contributed by atoms with Crippen molar-refractivity contribution in [3.05, 3.63) is 69.5 Å². The number of halogens is 1. The maximum Gasteiger partial charge on any atom is 0.276 e.